The summed E-state index contributed by atoms with van der Waals surface area (Å²) in [7, 11) is 4.23. The minimum absolute atomic E-state index is 0.955. The van der Waals surface area contributed by atoms with Crippen molar-refractivity contribution in [2.24, 2.45) is 4.99 Å². The van der Waals surface area contributed by atoms with Gasteiger partial charge in [0.2, 0.25) is 0 Å². The molecule has 2 aromatic carbocycles. The molecule has 24 heavy (non-hydrogen) atoms. The van der Waals surface area contributed by atoms with Gasteiger partial charge >= 0.3 is 0 Å². The number of para-hydroxylation sites is 1. The molecule has 2 aromatic rings. The van der Waals surface area contributed by atoms with Crippen LogP contribution in [0.15, 0.2) is 59.6 Å². The van der Waals surface area contributed by atoms with Crippen LogP contribution in [0.4, 0.5) is 5.69 Å². The second-order valence-electron chi connectivity index (χ2n) is 6.32. The Labute approximate surface area is 149 Å². The fraction of sp³-hybridized carbons (Fsp3) is 0.350. The number of hydrogen-bond donors (Lipinski definition) is 0. The van der Waals surface area contributed by atoms with Gasteiger partial charge in [-0.05, 0) is 43.8 Å². The highest BCUT2D eigenvalue weighted by Crippen LogP contribution is 2.24. The van der Waals surface area contributed by atoms with Crippen molar-refractivity contribution in [3.05, 3.63) is 65.7 Å². The van der Waals surface area contributed by atoms with Crippen LogP contribution in [0.5, 0.6) is 0 Å². The van der Waals surface area contributed by atoms with E-state index < -0.39 is 0 Å². The summed E-state index contributed by atoms with van der Waals surface area (Å²) in [4.78, 5) is 9.59. The van der Waals surface area contributed by atoms with Gasteiger partial charge in [0.1, 0.15) is 0 Å². The highest BCUT2D eigenvalue weighted by atomic mass is 32.2. The van der Waals surface area contributed by atoms with Gasteiger partial charge in [0.05, 0.1) is 5.69 Å². The fourth-order valence-electron chi connectivity index (χ4n) is 2.79. The molecule has 0 aromatic heterocycles. The van der Waals surface area contributed by atoms with Gasteiger partial charge in [-0.1, -0.05) is 54.2 Å². The number of nitrogens with zero attached hydrogens (tertiary/aromatic N) is 3. The molecule has 1 aliphatic rings. The van der Waals surface area contributed by atoms with Crippen LogP contribution in [0.3, 0.4) is 0 Å². The van der Waals surface area contributed by atoms with Crippen molar-refractivity contribution in [2.45, 2.75) is 13.0 Å². The first-order valence-corrected chi connectivity index (χ1v) is 9.44. The molecule has 0 aliphatic carbocycles. The van der Waals surface area contributed by atoms with Crippen LogP contribution >= 0.6 is 11.8 Å². The maximum atomic E-state index is 4.94. The van der Waals surface area contributed by atoms with Crippen molar-refractivity contribution in [3.8, 4) is 0 Å². The average molecular weight is 340 g/mol. The van der Waals surface area contributed by atoms with E-state index in [-0.39, 0.29) is 0 Å². The molecule has 0 amide bonds. The van der Waals surface area contributed by atoms with Crippen molar-refractivity contribution in [1.82, 2.24) is 9.80 Å². The molecular weight excluding hydrogens is 314 g/mol. The van der Waals surface area contributed by atoms with Crippen LogP contribution < -0.4 is 0 Å². The molecule has 0 unspecified atom stereocenters. The van der Waals surface area contributed by atoms with E-state index >= 15 is 0 Å². The van der Waals surface area contributed by atoms with Crippen LogP contribution in [0.25, 0.3) is 0 Å². The van der Waals surface area contributed by atoms with E-state index in [0.717, 1.165) is 42.7 Å². The van der Waals surface area contributed by atoms with E-state index in [2.05, 4.69) is 60.3 Å². The minimum atomic E-state index is 0.955. The van der Waals surface area contributed by atoms with Gasteiger partial charge in [-0.3, -0.25) is 0 Å². The topological polar surface area (TPSA) is 18.8 Å². The third kappa shape index (κ3) is 4.62. The van der Waals surface area contributed by atoms with Crippen LogP contribution in [0.2, 0.25) is 0 Å². The average Bonchev–Trinajstić information content (AvgIpc) is 2.61. The second-order valence-corrected chi connectivity index (χ2v) is 7.38. The lowest BCUT2D eigenvalue weighted by Gasteiger charge is -2.31. The fourth-order valence-corrected chi connectivity index (χ4v) is 3.93. The highest BCUT2D eigenvalue weighted by molar-refractivity contribution is 8.13. The monoisotopic (exact) mass is 339 g/mol. The Hall–Kier alpha value is -1.78. The Bertz CT molecular complexity index is 682. The summed E-state index contributed by atoms with van der Waals surface area (Å²) in [5.41, 5.74) is 3.94. The molecule has 4 heteroatoms. The Morgan fingerprint density at radius 2 is 1.75 bits per heavy atom. The van der Waals surface area contributed by atoms with Gasteiger partial charge < -0.3 is 9.80 Å². The number of aliphatic imine (C=N–C) groups is 1. The molecular formula is C20H25N3S. The SMILES string of the molecule is CN(C)CCSC(=Nc1ccccc1)N1CCc2ccccc2C1. The third-order valence-corrected chi connectivity index (χ3v) is 5.15. The largest absolute Gasteiger partial charge is 0.347 e. The Morgan fingerprint density at radius 1 is 1.04 bits per heavy atom. The Balaban J connectivity index is 1.78. The van der Waals surface area contributed by atoms with E-state index in [1.165, 1.54) is 11.1 Å². The molecule has 0 radical (unpaired) electrons. The smallest absolute Gasteiger partial charge is 0.164 e. The summed E-state index contributed by atoms with van der Waals surface area (Å²) in [6.45, 7) is 3.05. The predicted molar refractivity (Wildman–Crippen MR) is 105 cm³/mol. The van der Waals surface area contributed by atoms with Crippen molar-refractivity contribution in [2.75, 3.05) is 32.9 Å². The maximum Gasteiger partial charge on any atom is 0.164 e. The van der Waals surface area contributed by atoms with Gasteiger partial charge in [-0.25, -0.2) is 4.99 Å². The number of hydrogen-bond acceptors (Lipinski definition) is 3. The van der Waals surface area contributed by atoms with Crippen molar-refractivity contribution in [1.29, 1.82) is 0 Å². The molecule has 0 N–H and O–H groups in total. The molecule has 0 atom stereocenters. The van der Waals surface area contributed by atoms with Gasteiger partial charge in [0.25, 0.3) is 0 Å². The van der Waals surface area contributed by atoms with Crippen LogP contribution in [-0.2, 0) is 13.0 Å². The van der Waals surface area contributed by atoms with E-state index in [4.69, 9.17) is 4.99 Å². The summed E-state index contributed by atoms with van der Waals surface area (Å²) < 4.78 is 0. The van der Waals surface area contributed by atoms with E-state index in [9.17, 15) is 0 Å². The Kier molecular flexibility index (Phi) is 5.94. The summed E-state index contributed by atoms with van der Waals surface area (Å²) in [5.74, 6) is 1.05. The molecule has 0 saturated heterocycles. The minimum Gasteiger partial charge on any atom is -0.347 e. The van der Waals surface area contributed by atoms with Crippen molar-refractivity contribution in [3.63, 3.8) is 0 Å². The summed E-state index contributed by atoms with van der Waals surface area (Å²) in [6, 6.07) is 19.0. The zero-order chi connectivity index (χ0) is 16.8. The highest BCUT2D eigenvalue weighted by Gasteiger charge is 2.19. The normalized spacial score (nSPS) is 14.8. The number of fused-ring (bicyclic) bond motifs is 1. The molecule has 0 saturated carbocycles. The first-order chi connectivity index (χ1) is 11.7. The van der Waals surface area contributed by atoms with Gasteiger partial charge in [0, 0.05) is 25.4 Å². The standard InChI is InChI=1S/C20H25N3S/c1-22(2)14-15-24-20(21-19-10-4-3-5-11-19)23-13-12-17-8-6-7-9-18(17)16-23/h3-11H,12-16H2,1-2H3. The lowest BCUT2D eigenvalue weighted by Crippen LogP contribution is -2.35. The van der Waals surface area contributed by atoms with E-state index in [1.807, 2.05) is 30.0 Å². The molecule has 3 nitrogen and oxygen atoms in total. The van der Waals surface area contributed by atoms with E-state index in [1.54, 1.807) is 0 Å². The predicted octanol–water partition coefficient (Wildman–Crippen LogP) is 4.03. The van der Waals surface area contributed by atoms with Crippen LogP contribution in [0, 0.1) is 0 Å². The van der Waals surface area contributed by atoms with Gasteiger partial charge in [-0.15, -0.1) is 0 Å². The first kappa shape index (κ1) is 17.1. The van der Waals surface area contributed by atoms with Gasteiger partial charge in [-0.2, -0.15) is 0 Å². The lowest BCUT2D eigenvalue weighted by molar-refractivity contribution is 0.401. The number of thioether (sulfide) groups is 1. The number of benzene rings is 2. The molecule has 0 spiro atoms. The molecule has 0 bridgehead atoms. The molecule has 1 heterocycles. The zero-order valence-electron chi connectivity index (χ0n) is 14.5. The van der Waals surface area contributed by atoms with Crippen LogP contribution in [0.1, 0.15) is 11.1 Å². The molecule has 0 fully saturated rings. The van der Waals surface area contributed by atoms with E-state index in [0.29, 0.717) is 0 Å². The number of rotatable bonds is 4. The molecule has 126 valence electrons. The molecule has 3 rings (SSSR count). The quantitative estimate of drug-likeness (QED) is 0.619. The zero-order valence-corrected chi connectivity index (χ0v) is 15.3. The lowest BCUT2D eigenvalue weighted by atomic mass is 10.0. The maximum absolute atomic E-state index is 4.94. The van der Waals surface area contributed by atoms with Crippen LogP contribution in [-0.4, -0.2) is 47.9 Å². The summed E-state index contributed by atoms with van der Waals surface area (Å²) in [6.07, 6.45) is 1.10. The third-order valence-electron chi connectivity index (χ3n) is 4.15. The Morgan fingerprint density at radius 3 is 2.50 bits per heavy atom. The number of amidine groups is 1. The van der Waals surface area contributed by atoms with Crippen molar-refractivity contribution < 1.29 is 0 Å². The first-order valence-electron chi connectivity index (χ1n) is 8.45. The van der Waals surface area contributed by atoms with Crippen molar-refractivity contribution >= 4 is 22.6 Å². The second kappa shape index (κ2) is 8.36. The van der Waals surface area contributed by atoms with Gasteiger partial charge in [0.15, 0.2) is 5.17 Å². The molecule has 1 aliphatic heterocycles. The summed E-state index contributed by atoms with van der Waals surface area (Å²) >= 11 is 1.86. The summed E-state index contributed by atoms with van der Waals surface area (Å²) in [5, 5.41) is 1.14.